The van der Waals surface area contributed by atoms with Crippen LogP contribution >= 0.6 is 22.6 Å². The molecule has 0 aliphatic rings. The number of nitrogen functional groups attached to an aromatic ring is 1. The number of fused-ring (bicyclic) bond motifs is 1. The van der Waals surface area contributed by atoms with Gasteiger partial charge in [-0.3, -0.25) is 4.79 Å². The van der Waals surface area contributed by atoms with Crippen LogP contribution in [0.3, 0.4) is 0 Å². The fraction of sp³-hybridized carbons (Fsp3) is 0. The molecule has 3 N–H and O–H groups in total. The van der Waals surface area contributed by atoms with E-state index < -0.39 is 17.1 Å². The molecule has 0 aliphatic carbocycles. The van der Waals surface area contributed by atoms with E-state index in [0.29, 0.717) is 20.5 Å². The second kappa shape index (κ2) is 4.99. The largest absolute Gasteiger partial charge is 0.399 e. The topological polar surface area (TPSA) is 80.9 Å². The predicted molar refractivity (Wildman–Crippen MR) is 87.3 cm³/mol. The van der Waals surface area contributed by atoms with Crippen molar-refractivity contribution in [1.29, 1.82) is 0 Å². The molecule has 0 saturated heterocycles. The highest BCUT2D eigenvalue weighted by atomic mass is 127. The molecular formula is C14H9FIN3O2. The van der Waals surface area contributed by atoms with E-state index in [1.165, 1.54) is 6.07 Å². The van der Waals surface area contributed by atoms with Crippen LogP contribution in [0.25, 0.3) is 16.6 Å². The number of nitrogens with two attached hydrogens (primary N) is 1. The van der Waals surface area contributed by atoms with Crippen LogP contribution in [0.5, 0.6) is 0 Å². The highest BCUT2D eigenvalue weighted by Gasteiger charge is 2.12. The Morgan fingerprint density at radius 2 is 1.81 bits per heavy atom. The van der Waals surface area contributed by atoms with E-state index in [1.807, 2.05) is 0 Å². The number of aromatic nitrogens is 2. The van der Waals surface area contributed by atoms with Crippen LogP contribution in [0.1, 0.15) is 0 Å². The number of nitrogens with zero attached hydrogens (tertiary/aromatic N) is 1. The molecule has 0 fully saturated rings. The summed E-state index contributed by atoms with van der Waals surface area (Å²) in [5.41, 5.74) is 5.62. The number of anilines is 1. The quantitative estimate of drug-likeness (QED) is 0.487. The Balaban J connectivity index is 2.39. The van der Waals surface area contributed by atoms with Crippen molar-refractivity contribution in [2.45, 2.75) is 0 Å². The van der Waals surface area contributed by atoms with Crippen LogP contribution in [-0.2, 0) is 0 Å². The average molecular weight is 397 g/mol. The molecule has 0 unspecified atom stereocenters. The summed E-state index contributed by atoms with van der Waals surface area (Å²) in [6, 6.07) is 8.84. The first-order valence-electron chi connectivity index (χ1n) is 5.97. The molecular weight excluding hydrogens is 388 g/mol. The minimum absolute atomic E-state index is 0.115. The second-order valence-electron chi connectivity index (χ2n) is 4.47. The van der Waals surface area contributed by atoms with E-state index in [4.69, 9.17) is 5.73 Å². The van der Waals surface area contributed by atoms with Gasteiger partial charge in [0.2, 0.25) is 0 Å². The van der Waals surface area contributed by atoms with Crippen molar-refractivity contribution in [3.63, 3.8) is 0 Å². The lowest BCUT2D eigenvalue weighted by Gasteiger charge is -2.07. The van der Waals surface area contributed by atoms with E-state index in [2.05, 4.69) is 4.98 Å². The third-order valence-electron chi connectivity index (χ3n) is 3.09. The fourth-order valence-electron chi connectivity index (χ4n) is 2.07. The molecule has 0 amide bonds. The van der Waals surface area contributed by atoms with Gasteiger partial charge in [-0.1, -0.05) is 0 Å². The van der Waals surface area contributed by atoms with Crippen LogP contribution in [0, 0.1) is 9.39 Å². The van der Waals surface area contributed by atoms with E-state index in [1.54, 1.807) is 46.9 Å². The molecule has 1 heterocycles. The maximum absolute atomic E-state index is 13.7. The second-order valence-corrected chi connectivity index (χ2v) is 5.64. The molecule has 0 aliphatic heterocycles. The zero-order valence-corrected chi connectivity index (χ0v) is 12.7. The molecule has 0 atom stereocenters. The van der Waals surface area contributed by atoms with Crippen LogP contribution in [0.15, 0.2) is 46.0 Å². The molecule has 2 aromatic carbocycles. The van der Waals surface area contributed by atoms with Crippen LogP contribution in [0.4, 0.5) is 10.1 Å². The Morgan fingerprint density at radius 3 is 2.48 bits per heavy atom. The lowest BCUT2D eigenvalue weighted by molar-refractivity contribution is 0.622. The SMILES string of the molecule is Nc1ccc(-n2c(=O)[nH]c3cc(I)c(F)cc3c2=O)cc1. The summed E-state index contributed by atoms with van der Waals surface area (Å²) in [6.45, 7) is 0. The monoisotopic (exact) mass is 397 g/mol. The van der Waals surface area contributed by atoms with Gasteiger partial charge in [0.15, 0.2) is 0 Å². The Kier molecular flexibility index (Phi) is 3.28. The van der Waals surface area contributed by atoms with Gasteiger partial charge in [-0.05, 0) is 59.0 Å². The summed E-state index contributed by atoms with van der Waals surface area (Å²) in [6.07, 6.45) is 0. The molecule has 0 saturated carbocycles. The Bertz CT molecular complexity index is 961. The number of aromatic amines is 1. The summed E-state index contributed by atoms with van der Waals surface area (Å²) in [7, 11) is 0. The summed E-state index contributed by atoms with van der Waals surface area (Å²) >= 11 is 1.80. The minimum Gasteiger partial charge on any atom is -0.399 e. The summed E-state index contributed by atoms with van der Waals surface area (Å²) in [4.78, 5) is 27.1. The highest BCUT2D eigenvalue weighted by molar-refractivity contribution is 14.1. The fourth-order valence-corrected chi connectivity index (χ4v) is 2.54. The Morgan fingerprint density at radius 1 is 1.14 bits per heavy atom. The van der Waals surface area contributed by atoms with Gasteiger partial charge in [0, 0.05) is 5.69 Å². The number of H-pyrrole nitrogens is 1. The zero-order valence-electron chi connectivity index (χ0n) is 10.6. The first-order chi connectivity index (χ1) is 9.97. The molecule has 3 rings (SSSR count). The number of hydrogen-bond acceptors (Lipinski definition) is 3. The first kappa shape index (κ1) is 13.8. The Hall–Kier alpha value is -2.16. The van der Waals surface area contributed by atoms with Gasteiger partial charge < -0.3 is 10.7 Å². The van der Waals surface area contributed by atoms with Crippen molar-refractivity contribution < 1.29 is 4.39 Å². The van der Waals surface area contributed by atoms with E-state index in [9.17, 15) is 14.0 Å². The molecule has 7 heteroatoms. The van der Waals surface area contributed by atoms with Crippen LogP contribution in [-0.4, -0.2) is 9.55 Å². The van der Waals surface area contributed by atoms with Gasteiger partial charge in [-0.25, -0.2) is 13.8 Å². The van der Waals surface area contributed by atoms with E-state index >= 15 is 0 Å². The molecule has 0 spiro atoms. The van der Waals surface area contributed by atoms with Gasteiger partial charge in [0.1, 0.15) is 5.82 Å². The van der Waals surface area contributed by atoms with Crippen molar-refractivity contribution in [3.05, 3.63) is 66.6 Å². The number of rotatable bonds is 1. The standard InChI is InChI=1S/C14H9FIN3O2/c15-10-5-9-12(6-11(10)16)18-14(21)19(13(9)20)8-3-1-7(17)2-4-8/h1-6H,17H2,(H,18,21). The Labute approximate surface area is 131 Å². The minimum atomic E-state index is -0.584. The maximum atomic E-state index is 13.7. The van der Waals surface area contributed by atoms with E-state index in [0.717, 1.165) is 10.6 Å². The van der Waals surface area contributed by atoms with Crippen molar-refractivity contribution in [2.24, 2.45) is 0 Å². The predicted octanol–water partition coefficient (Wildman–Crippen LogP) is 2.00. The van der Waals surface area contributed by atoms with Gasteiger partial charge in [0.05, 0.1) is 20.2 Å². The zero-order chi connectivity index (χ0) is 15.1. The third kappa shape index (κ3) is 2.33. The maximum Gasteiger partial charge on any atom is 0.333 e. The number of benzene rings is 2. The number of hydrogen-bond donors (Lipinski definition) is 2. The number of halogens is 2. The molecule has 5 nitrogen and oxygen atoms in total. The summed E-state index contributed by atoms with van der Waals surface area (Å²) in [5, 5.41) is 0.115. The summed E-state index contributed by atoms with van der Waals surface area (Å²) < 4.78 is 14.9. The van der Waals surface area contributed by atoms with Crippen LogP contribution in [0.2, 0.25) is 0 Å². The van der Waals surface area contributed by atoms with E-state index in [-0.39, 0.29) is 5.39 Å². The highest BCUT2D eigenvalue weighted by Crippen LogP contribution is 2.16. The van der Waals surface area contributed by atoms with Gasteiger partial charge in [-0.2, -0.15) is 0 Å². The number of nitrogens with one attached hydrogen (secondary N) is 1. The summed E-state index contributed by atoms with van der Waals surface area (Å²) in [5.74, 6) is -0.504. The smallest absolute Gasteiger partial charge is 0.333 e. The van der Waals surface area contributed by atoms with Gasteiger partial charge in [-0.15, -0.1) is 0 Å². The molecule has 0 radical (unpaired) electrons. The lowest BCUT2D eigenvalue weighted by Crippen LogP contribution is -2.33. The van der Waals surface area contributed by atoms with Crippen LogP contribution < -0.4 is 17.0 Å². The van der Waals surface area contributed by atoms with Crippen molar-refractivity contribution in [1.82, 2.24) is 9.55 Å². The molecule has 1 aromatic heterocycles. The van der Waals surface area contributed by atoms with Crippen molar-refractivity contribution in [3.8, 4) is 5.69 Å². The first-order valence-corrected chi connectivity index (χ1v) is 7.05. The van der Waals surface area contributed by atoms with Crippen molar-refractivity contribution >= 4 is 39.2 Å². The normalized spacial score (nSPS) is 11.0. The van der Waals surface area contributed by atoms with Crippen molar-refractivity contribution in [2.75, 3.05) is 5.73 Å². The molecule has 21 heavy (non-hydrogen) atoms. The van der Waals surface area contributed by atoms with Gasteiger partial charge in [0.25, 0.3) is 5.56 Å². The molecule has 106 valence electrons. The average Bonchev–Trinajstić information content (AvgIpc) is 2.43. The molecule has 0 bridgehead atoms. The third-order valence-corrected chi connectivity index (χ3v) is 3.92. The lowest BCUT2D eigenvalue weighted by atomic mass is 10.2. The molecule has 3 aromatic rings. The van der Waals surface area contributed by atoms with Gasteiger partial charge >= 0.3 is 5.69 Å².